The minimum Gasteiger partial charge on any atom is -0.497 e. The molecule has 1 heterocycles. The number of nitrogens with two attached hydrogens (primary N) is 1. The first-order valence-electron chi connectivity index (χ1n) is 8.11. The van der Waals surface area contributed by atoms with E-state index < -0.39 is 0 Å². The Morgan fingerprint density at radius 3 is 2.67 bits per heavy atom. The van der Waals surface area contributed by atoms with Gasteiger partial charge in [-0.1, -0.05) is 13.0 Å². The van der Waals surface area contributed by atoms with Crippen molar-refractivity contribution >= 4 is 0 Å². The molecule has 116 valence electrons. The summed E-state index contributed by atoms with van der Waals surface area (Å²) in [5, 5.41) is 0. The minimum absolute atomic E-state index is 0.118. The number of nitrogens with zero attached hydrogens (tertiary/aromatic N) is 2. The average Bonchev–Trinajstić information content (AvgIpc) is 2.85. The van der Waals surface area contributed by atoms with Crippen LogP contribution in [0.5, 0.6) is 5.75 Å². The highest BCUT2D eigenvalue weighted by Crippen LogP contribution is 2.35. The van der Waals surface area contributed by atoms with Gasteiger partial charge in [0, 0.05) is 38.3 Å². The maximum absolute atomic E-state index is 6.53. The molecule has 1 aliphatic heterocycles. The summed E-state index contributed by atoms with van der Waals surface area (Å²) in [7, 11) is 1.71. The van der Waals surface area contributed by atoms with E-state index in [0.717, 1.165) is 25.3 Å². The van der Waals surface area contributed by atoms with Gasteiger partial charge in [-0.25, -0.2) is 0 Å². The third-order valence-electron chi connectivity index (χ3n) is 4.97. The summed E-state index contributed by atoms with van der Waals surface area (Å²) in [6.07, 6.45) is 2.32. The summed E-state index contributed by atoms with van der Waals surface area (Å²) in [6, 6.07) is 6.92. The Morgan fingerprint density at radius 2 is 2.00 bits per heavy atom. The molecule has 1 aromatic rings. The molecule has 21 heavy (non-hydrogen) atoms. The van der Waals surface area contributed by atoms with Crippen molar-refractivity contribution in [2.24, 2.45) is 5.73 Å². The summed E-state index contributed by atoms with van der Waals surface area (Å²) in [5.74, 6) is 0.914. The van der Waals surface area contributed by atoms with E-state index >= 15 is 0 Å². The van der Waals surface area contributed by atoms with E-state index in [0.29, 0.717) is 6.04 Å². The predicted octanol–water partition coefficient (Wildman–Crippen LogP) is 1.65. The van der Waals surface area contributed by atoms with Crippen LogP contribution in [0, 0.1) is 0 Å². The molecule has 3 rings (SSSR count). The second-order valence-electron chi connectivity index (χ2n) is 6.24. The van der Waals surface area contributed by atoms with Crippen LogP contribution in [0.15, 0.2) is 18.2 Å². The van der Waals surface area contributed by atoms with Gasteiger partial charge in [-0.2, -0.15) is 0 Å². The molecule has 2 aliphatic rings. The fourth-order valence-corrected chi connectivity index (χ4v) is 3.75. The third kappa shape index (κ3) is 2.93. The number of piperazine rings is 1. The molecule has 0 saturated carbocycles. The van der Waals surface area contributed by atoms with Crippen LogP contribution >= 0.6 is 0 Å². The normalized spacial score (nSPS) is 26.8. The Kier molecular flexibility index (Phi) is 4.48. The first-order chi connectivity index (χ1) is 10.2. The summed E-state index contributed by atoms with van der Waals surface area (Å²) in [5.41, 5.74) is 9.19. The maximum atomic E-state index is 6.53. The SMILES string of the molecule is CCCN1CCN(C2Cc3ccc(OC)cc3C2N)CC1. The highest BCUT2D eigenvalue weighted by atomic mass is 16.5. The van der Waals surface area contributed by atoms with Crippen LogP contribution < -0.4 is 10.5 Å². The number of ether oxygens (including phenoxy) is 1. The van der Waals surface area contributed by atoms with Crippen LogP contribution in [0.4, 0.5) is 0 Å². The molecular weight excluding hydrogens is 262 g/mol. The molecule has 0 radical (unpaired) electrons. The highest BCUT2D eigenvalue weighted by Gasteiger charge is 2.35. The van der Waals surface area contributed by atoms with Gasteiger partial charge in [0.15, 0.2) is 0 Å². The van der Waals surface area contributed by atoms with Crippen LogP contribution in [0.25, 0.3) is 0 Å². The molecular formula is C17H27N3O. The zero-order valence-electron chi connectivity index (χ0n) is 13.2. The Hall–Kier alpha value is -1.10. The number of hydrogen-bond donors (Lipinski definition) is 1. The van der Waals surface area contributed by atoms with Crippen LogP contribution in [0.3, 0.4) is 0 Å². The summed E-state index contributed by atoms with van der Waals surface area (Å²) >= 11 is 0. The minimum atomic E-state index is 0.118. The molecule has 0 aromatic heterocycles. The number of hydrogen-bond acceptors (Lipinski definition) is 4. The number of methoxy groups -OCH3 is 1. The smallest absolute Gasteiger partial charge is 0.119 e. The second kappa shape index (κ2) is 6.34. The van der Waals surface area contributed by atoms with Gasteiger partial charge in [0.2, 0.25) is 0 Å². The topological polar surface area (TPSA) is 41.7 Å². The zero-order valence-corrected chi connectivity index (χ0v) is 13.2. The van der Waals surface area contributed by atoms with Crippen molar-refractivity contribution in [3.8, 4) is 5.75 Å². The van der Waals surface area contributed by atoms with E-state index in [2.05, 4.69) is 28.9 Å². The van der Waals surface area contributed by atoms with Gasteiger partial charge in [0.05, 0.1) is 7.11 Å². The Labute approximate surface area is 127 Å². The third-order valence-corrected chi connectivity index (χ3v) is 4.97. The van der Waals surface area contributed by atoms with Crippen LogP contribution in [0.2, 0.25) is 0 Å². The molecule has 0 amide bonds. The Balaban J connectivity index is 1.66. The summed E-state index contributed by atoms with van der Waals surface area (Å²) in [4.78, 5) is 5.15. The quantitative estimate of drug-likeness (QED) is 0.915. The van der Waals surface area contributed by atoms with E-state index in [1.165, 1.54) is 37.2 Å². The monoisotopic (exact) mass is 289 g/mol. The van der Waals surface area contributed by atoms with Gasteiger partial charge < -0.3 is 15.4 Å². The fourth-order valence-electron chi connectivity index (χ4n) is 3.75. The molecule has 0 bridgehead atoms. The highest BCUT2D eigenvalue weighted by molar-refractivity contribution is 5.42. The lowest BCUT2D eigenvalue weighted by molar-refractivity contribution is 0.0894. The Bertz CT molecular complexity index is 483. The van der Waals surface area contributed by atoms with Crippen LogP contribution in [-0.2, 0) is 6.42 Å². The van der Waals surface area contributed by atoms with Gasteiger partial charge in [-0.3, -0.25) is 4.90 Å². The summed E-state index contributed by atoms with van der Waals surface area (Å²) < 4.78 is 5.33. The maximum Gasteiger partial charge on any atom is 0.119 e. The van der Waals surface area contributed by atoms with Gasteiger partial charge >= 0.3 is 0 Å². The summed E-state index contributed by atoms with van der Waals surface area (Å²) in [6.45, 7) is 8.12. The number of fused-ring (bicyclic) bond motifs is 1. The molecule has 1 fully saturated rings. The van der Waals surface area contributed by atoms with Crippen molar-refractivity contribution in [2.45, 2.75) is 31.8 Å². The molecule has 2 atom stereocenters. The van der Waals surface area contributed by atoms with E-state index in [4.69, 9.17) is 10.5 Å². The van der Waals surface area contributed by atoms with Crippen molar-refractivity contribution in [2.75, 3.05) is 39.8 Å². The van der Waals surface area contributed by atoms with Crippen LogP contribution in [0.1, 0.15) is 30.5 Å². The van der Waals surface area contributed by atoms with E-state index in [1.807, 2.05) is 6.07 Å². The molecule has 1 aromatic carbocycles. The molecule has 2 unspecified atom stereocenters. The average molecular weight is 289 g/mol. The van der Waals surface area contributed by atoms with Gasteiger partial charge in [0.1, 0.15) is 5.75 Å². The van der Waals surface area contributed by atoms with Crippen molar-refractivity contribution in [1.82, 2.24) is 9.80 Å². The lowest BCUT2D eigenvalue weighted by Crippen LogP contribution is -2.52. The first kappa shape index (κ1) is 14.8. The number of benzene rings is 1. The zero-order chi connectivity index (χ0) is 14.8. The Morgan fingerprint density at radius 1 is 1.24 bits per heavy atom. The molecule has 1 aliphatic carbocycles. The van der Waals surface area contributed by atoms with Crippen molar-refractivity contribution < 1.29 is 4.74 Å². The van der Waals surface area contributed by atoms with E-state index in [1.54, 1.807) is 7.11 Å². The lowest BCUT2D eigenvalue weighted by atomic mass is 10.1. The first-order valence-corrected chi connectivity index (χ1v) is 8.11. The van der Waals surface area contributed by atoms with Gasteiger partial charge in [-0.05, 0) is 42.6 Å². The molecule has 4 nitrogen and oxygen atoms in total. The largest absolute Gasteiger partial charge is 0.497 e. The van der Waals surface area contributed by atoms with Gasteiger partial charge in [-0.15, -0.1) is 0 Å². The van der Waals surface area contributed by atoms with E-state index in [-0.39, 0.29) is 6.04 Å². The predicted molar refractivity (Wildman–Crippen MR) is 85.7 cm³/mol. The lowest BCUT2D eigenvalue weighted by Gasteiger charge is -2.39. The second-order valence-corrected chi connectivity index (χ2v) is 6.24. The van der Waals surface area contributed by atoms with Crippen molar-refractivity contribution in [3.05, 3.63) is 29.3 Å². The molecule has 0 spiro atoms. The molecule has 2 N–H and O–H groups in total. The van der Waals surface area contributed by atoms with Crippen molar-refractivity contribution in [3.63, 3.8) is 0 Å². The molecule has 1 saturated heterocycles. The standard InChI is InChI=1S/C17H27N3O/c1-3-6-19-7-9-20(10-8-19)16-11-13-4-5-14(21-2)12-15(13)17(16)18/h4-5,12,16-17H,3,6-11,18H2,1-2H3. The number of rotatable bonds is 4. The fraction of sp³-hybridized carbons (Fsp3) is 0.647. The van der Waals surface area contributed by atoms with Crippen LogP contribution in [-0.4, -0.2) is 55.7 Å². The van der Waals surface area contributed by atoms with E-state index in [9.17, 15) is 0 Å². The van der Waals surface area contributed by atoms with Crippen molar-refractivity contribution in [1.29, 1.82) is 0 Å². The van der Waals surface area contributed by atoms with Gasteiger partial charge in [0.25, 0.3) is 0 Å². The molecule has 4 heteroatoms.